The second-order valence-electron chi connectivity index (χ2n) is 8.75. The van der Waals surface area contributed by atoms with Gasteiger partial charge in [-0.15, -0.1) is 0 Å². The average Bonchev–Trinajstić information content (AvgIpc) is 2.33. The lowest BCUT2D eigenvalue weighted by molar-refractivity contribution is -0.118. The molecule has 4 aliphatic rings. The third-order valence-electron chi connectivity index (χ3n) is 6.14. The quantitative estimate of drug-likeness (QED) is 0.850. The van der Waals surface area contributed by atoms with Crippen LogP contribution in [0, 0.1) is 16.7 Å². The molecular formula is C19H27N. The van der Waals surface area contributed by atoms with Crippen LogP contribution in [0.4, 0.5) is 0 Å². The van der Waals surface area contributed by atoms with Gasteiger partial charge in [0.15, 0.2) is 0 Å². The zero-order valence-corrected chi connectivity index (χ0v) is 12.9. The molecule has 5 rings (SSSR count). The molecule has 2 unspecified atom stereocenters. The van der Waals surface area contributed by atoms with Crippen LogP contribution >= 0.6 is 0 Å². The highest BCUT2D eigenvalue weighted by Gasteiger charge is 2.59. The Bertz CT molecular complexity index is 488. The van der Waals surface area contributed by atoms with Crippen molar-refractivity contribution in [2.45, 2.75) is 64.5 Å². The third kappa shape index (κ3) is 2.11. The standard InChI is InChI=1S/C19H27N/c1-17-8-16-9-18(2,12-17)14-19(10-16,13-17)20-11-15-6-4-3-5-7-15/h3-7,16,20H,8-14H2,1-2H3/t16?,17-,18+,19?. The monoisotopic (exact) mass is 269 g/mol. The summed E-state index contributed by atoms with van der Waals surface area (Å²) in [7, 11) is 0. The van der Waals surface area contributed by atoms with E-state index in [1.807, 2.05) is 0 Å². The van der Waals surface area contributed by atoms with Crippen LogP contribution in [-0.2, 0) is 6.54 Å². The van der Waals surface area contributed by atoms with Crippen LogP contribution < -0.4 is 5.32 Å². The molecule has 4 bridgehead atoms. The van der Waals surface area contributed by atoms with Crippen molar-refractivity contribution in [2.24, 2.45) is 16.7 Å². The summed E-state index contributed by atoms with van der Waals surface area (Å²) in [6, 6.07) is 10.9. The summed E-state index contributed by atoms with van der Waals surface area (Å²) < 4.78 is 0. The summed E-state index contributed by atoms with van der Waals surface area (Å²) in [6.45, 7) is 6.14. The highest BCUT2D eigenvalue weighted by Crippen LogP contribution is 2.66. The van der Waals surface area contributed by atoms with Crippen LogP contribution in [-0.4, -0.2) is 5.54 Å². The van der Waals surface area contributed by atoms with Gasteiger partial charge < -0.3 is 5.32 Å². The van der Waals surface area contributed by atoms with Gasteiger partial charge >= 0.3 is 0 Å². The van der Waals surface area contributed by atoms with Crippen molar-refractivity contribution in [3.05, 3.63) is 35.9 Å². The van der Waals surface area contributed by atoms with Gasteiger partial charge in [-0.2, -0.15) is 0 Å². The number of benzene rings is 1. The fourth-order valence-electron chi connectivity index (χ4n) is 6.53. The molecule has 1 nitrogen and oxygen atoms in total. The van der Waals surface area contributed by atoms with E-state index in [0.29, 0.717) is 16.4 Å². The summed E-state index contributed by atoms with van der Waals surface area (Å²) in [5.74, 6) is 0.976. The first kappa shape index (κ1) is 12.9. The Morgan fingerprint density at radius 2 is 1.60 bits per heavy atom. The van der Waals surface area contributed by atoms with Gasteiger partial charge in [-0.25, -0.2) is 0 Å². The van der Waals surface area contributed by atoms with Crippen molar-refractivity contribution >= 4 is 0 Å². The molecule has 20 heavy (non-hydrogen) atoms. The maximum absolute atomic E-state index is 3.99. The molecule has 4 aliphatic carbocycles. The van der Waals surface area contributed by atoms with Gasteiger partial charge in [0.25, 0.3) is 0 Å². The topological polar surface area (TPSA) is 12.0 Å². The fourth-order valence-corrected chi connectivity index (χ4v) is 6.53. The molecule has 0 aliphatic heterocycles. The maximum atomic E-state index is 3.99. The van der Waals surface area contributed by atoms with Crippen molar-refractivity contribution in [1.29, 1.82) is 0 Å². The van der Waals surface area contributed by atoms with E-state index in [0.717, 1.165) is 12.5 Å². The van der Waals surface area contributed by atoms with Crippen LogP contribution in [0.5, 0.6) is 0 Å². The predicted molar refractivity (Wildman–Crippen MR) is 83.4 cm³/mol. The molecule has 1 aromatic carbocycles. The molecule has 4 atom stereocenters. The Kier molecular flexibility index (Phi) is 2.64. The largest absolute Gasteiger partial charge is 0.307 e. The van der Waals surface area contributed by atoms with Crippen molar-refractivity contribution < 1.29 is 0 Å². The lowest BCUT2D eigenvalue weighted by Crippen LogP contribution is -2.63. The van der Waals surface area contributed by atoms with E-state index >= 15 is 0 Å². The maximum Gasteiger partial charge on any atom is 0.0210 e. The summed E-state index contributed by atoms with van der Waals surface area (Å²) >= 11 is 0. The summed E-state index contributed by atoms with van der Waals surface area (Å²) in [4.78, 5) is 0. The summed E-state index contributed by atoms with van der Waals surface area (Å²) in [6.07, 6.45) is 8.66. The zero-order valence-electron chi connectivity index (χ0n) is 12.9. The average molecular weight is 269 g/mol. The minimum absolute atomic E-state index is 0.429. The number of rotatable bonds is 3. The molecule has 4 saturated carbocycles. The Morgan fingerprint density at radius 3 is 2.20 bits per heavy atom. The van der Waals surface area contributed by atoms with E-state index in [4.69, 9.17) is 0 Å². The Hall–Kier alpha value is -0.820. The van der Waals surface area contributed by atoms with Crippen LogP contribution in [0.1, 0.15) is 57.9 Å². The summed E-state index contributed by atoms with van der Waals surface area (Å²) in [5.41, 5.74) is 3.08. The molecule has 1 N–H and O–H groups in total. The number of hydrogen-bond acceptors (Lipinski definition) is 1. The SMILES string of the molecule is C[C@]12CC3CC(NCc4ccccc4)(C1)C[C@@](C)(C3)C2. The van der Waals surface area contributed by atoms with E-state index in [1.165, 1.54) is 44.1 Å². The van der Waals surface area contributed by atoms with Gasteiger partial charge in [-0.3, -0.25) is 0 Å². The van der Waals surface area contributed by atoms with Gasteiger partial charge in [0.2, 0.25) is 0 Å². The third-order valence-corrected chi connectivity index (χ3v) is 6.14. The molecule has 4 fully saturated rings. The van der Waals surface area contributed by atoms with E-state index in [1.54, 1.807) is 0 Å². The minimum Gasteiger partial charge on any atom is -0.307 e. The molecule has 0 aromatic heterocycles. The second kappa shape index (κ2) is 4.10. The predicted octanol–water partition coefficient (Wildman–Crippen LogP) is 4.53. The van der Waals surface area contributed by atoms with Gasteiger partial charge in [0.05, 0.1) is 0 Å². The number of nitrogens with one attached hydrogen (secondary N) is 1. The molecule has 0 spiro atoms. The van der Waals surface area contributed by atoms with Gasteiger partial charge in [0, 0.05) is 12.1 Å². The molecular weight excluding hydrogens is 242 g/mol. The molecule has 108 valence electrons. The highest BCUT2D eigenvalue weighted by atomic mass is 15.0. The van der Waals surface area contributed by atoms with Crippen LogP contribution in [0.2, 0.25) is 0 Å². The van der Waals surface area contributed by atoms with Crippen LogP contribution in [0.15, 0.2) is 30.3 Å². The van der Waals surface area contributed by atoms with Crippen molar-refractivity contribution in [3.8, 4) is 0 Å². The Balaban J connectivity index is 1.55. The first-order valence-corrected chi connectivity index (χ1v) is 8.27. The van der Waals surface area contributed by atoms with Crippen LogP contribution in [0.3, 0.4) is 0 Å². The fraction of sp³-hybridized carbons (Fsp3) is 0.684. The second-order valence-corrected chi connectivity index (χ2v) is 8.75. The normalized spacial score (nSPS) is 45.8. The first-order chi connectivity index (χ1) is 9.49. The van der Waals surface area contributed by atoms with Gasteiger partial charge in [-0.1, -0.05) is 44.2 Å². The molecule has 0 saturated heterocycles. The van der Waals surface area contributed by atoms with E-state index in [9.17, 15) is 0 Å². The lowest BCUT2D eigenvalue weighted by Gasteiger charge is -2.65. The van der Waals surface area contributed by atoms with Crippen molar-refractivity contribution in [3.63, 3.8) is 0 Å². The summed E-state index contributed by atoms with van der Waals surface area (Å²) in [5, 5.41) is 3.99. The molecule has 1 heteroatoms. The van der Waals surface area contributed by atoms with Crippen molar-refractivity contribution in [1.82, 2.24) is 5.32 Å². The Labute approximate surface area is 123 Å². The highest BCUT2D eigenvalue weighted by molar-refractivity contribution is 5.18. The lowest BCUT2D eigenvalue weighted by atomic mass is 9.43. The van der Waals surface area contributed by atoms with Crippen molar-refractivity contribution in [2.75, 3.05) is 0 Å². The zero-order chi connectivity index (χ0) is 13.8. The van der Waals surface area contributed by atoms with Gasteiger partial charge in [0.1, 0.15) is 0 Å². The molecule has 0 amide bonds. The van der Waals surface area contributed by atoms with E-state index in [2.05, 4.69) is 49.5 Å². The van der Waals surface area contributed by atoms with E-state index in [-0.39, 0.29) is 0 Å². The smallest absolute Gasteiger partial charge is 0.0210 e. The first-order valence-electron chi connectivity index (χ1n) is 8.27. The van der Waals surface area contributed by atoms with Gasteiger partial charge in [-0.05, 0) is 60.8 Å². The minimum atomic E-state index is 0.429. The van der Waals surface area contributed by atoms with Crippen LogP contribution in [0.25, 0.3) is 0 Å². The Morgan fingerprint density at radius 1 is 0.950 bits per heavy atom. The number of hydrogen-bond donors (Lipinski definition) is 1. The molecule has 1 aromatic rings. The molecule has 0 heterocycles. The molecule has 0 radical (unpaired) electrons. The van der Waals surface area contributed by atoms with E-state index < -0.39 is 0 Å².